The third-order valence-corrected chi connectivity index (χ3v) is 1.63. The Balaban J connectivity index is 2.29. The van der Waals surface area contributed by atoms with E-state index in [9.17, 15) is 0 Å². The van der Waals surface area contributed by atoms with Gasteiger partial charge >= 0.3 is 0 Å². The van der Waals surface area contributed by atoms with Crippen molar-refractivity contribution in [1.82, 2.24) is 5.06 Å². The lowest BCUT2D eigenvalue weighted by molar-refractivity contribution is -0.106. The van der Waals surface area contributed by atoms with Crippen molar-refractivity contribution in [3.8, 4) is 0 Å². The highest BCUT2D eigenvalue weighted by molar-refractivity contribution is 4.63. The lowest BCUT2D eigenvalue weighted by Crippen LogP contribution is -2.27. The zero-order chi connectivity index (χ0) is 6.69. The van der Waals surface area contributed by atoms with E-state index >= 15 is 0 Å². The van der Waals surface area contributed by atoms with Crippen LogP contribution in [-0.4, -0.2) is 34.6 Å². The van der Waals surface area contributed by atoms with Crippen LogP contribution in [0.3, 0.4) is 0 Å². The van der Waals surface area contributed by atoms with Gasteiger partial charge in [0.25, 0.3) is 0 Å². The molecule has 0 spiro atoms. The second-order valence-corrected chi connectivity index (χ2v) is 2.56. The quantitative estimate of drug-likeness (QED) is 0.494. The van der Waals surface area contributed by atoms with E-state index < -0.39 is 0 Å². The highest BCUT2D eigenvalue weighted by atomic mass is 16.5. The fraction of sp³-hybridized carbons (Fsp3) is 1.00. The molecule has 0 aromatic carbocycles. The molecule has 9 heavy (non-hydrogen) atoms. The first-order valence-electron chi connectivity index (χ1n) is 3.41. The van der Waals surface area contributed by atoms with Crippen LogP contribution in [0.15, 0.2) is 0 Å². The van der Waals surface area contributed by atoms with Crippen molar-refractivity contribution in [2.24, 2.45) is 0 Å². The summed E-state index contributed by atoms with van der Waals surface area (Å²) in [6, 6.07) is 0. The van der Waals surface area contributed by atoms with E-state index in [1.54, 1.807) is 0 Å². The van der Waals surface area contributed by atoms with E-state index in [0.29, 0.717) is 13.1 Å². The second kappa shape index (κ2) is 3.15. The van der Waals surface area contributed by atoms with Gasteiger partial charge in [-0.1, -0.05) is 0 Å². The van der Waals surface area contributed by atoms with Gasteiger partial charge in [-0.25, -0.2) is 0 Å². The molecule has 3 heteroatoms. The van der Waals surface area contributed by atoms with Gasteiger partial charge < -0.3 is 10.3 Å². The summed E-state index contributed by atoms with van der Waals surface area (Å²) in [4.78, 5) is 0. The normalized spacial score (nSPS) is 32.0. The number of hydrogen-bond donors (Lipinski definition) is 2. The monoisotopic (exact) mass is 131 g/mol. The standard InChI is InChI=1S/C6H13NO2/c8-6-3-1-2-4-7(9)5-6/h6,8-9H,1-5H2. The number of hydroxylamine groups is 2. The summed E-state index contributed by atoms with van der Waals surface area (Å²) >= 11 is 0. The predicted molar refractivity (Wildman–Crippen MR) is 33.2 cm³/mol. The molecular formula is C6H13NO2. The number of aliphatic hydroxyl groups excluding tert-OH is 1. The third-order valence-electron chi connectivity index (χ3n) is 1.63. The molecule has 0 aromatic rings. The average Bonchev–Trinajstić information content (AvgIpc) is 1.93. The van der Waals surface area contributed by atoms with E-state index in [1.807, 2.05) is 0 Å². The van der Waals surface area contributed by atoms with Crippen LogP contribution in [0.5, 0.6) is 0 Å². The number of aliphatic hydroxyl groups is 1. The van der Waals surface area contributed by atoms with Gasteiger partial charge in [0.05, 0.1) is 6.10 Å². The summed E-state index contributed by atoms with van der Waals surface area (Å²) in [5.74, 6) is 0. The largest absolute Gasteiger partial charge is 0.392 e. The highest BCUT2D eigenvalue weighted by Crippen LogP contribution is 2.07. The van der Waals surface area contributed by atoms with Crippen molar-refractivity contribution in [2.75, 3.05) is 13.1 Å². The predicted octanol–water partition coefficient (Wildman–Crippen LogP) is 0.222. The minimum atomic E-state index is -0.322. The first kappa shape index (κ1) is 6.99. The topological polar surface area (TPSA) is 43.7 Å². The molecule has 1 fully saturated rings. The molecule has 3 nitrogen and oxygen atoms in total. The van der Waals surface area contributed by atoms with Gasteiger partial charge in [0.1, 0.15) is 0 Å². The van der Waals surface area contributed by atoms with Crippen molar-refractivity contribution in [2.45, 2.75) is 25.4 Å². The molecule has 1 unspecified atom stereocenters. The smallest absolute Gasteiger partial charge is 0.0690 e. The third kappa shape index (κ3) is 2.30. The van der Waals surface area contributed by atoms with Crippen LogP contribution in [0.25, 0.3) is 0 Å². The molecule has 1 aliphatic heterocycles. The van der Waals surface area contributed by atoms with Gasteiger partial charge in [0, 0.05) is 13.1 Å². The Morgan fingerprint density at radius 3 is 2.89 bits per heavy atom. The maximum absolute atomic E-state index is 9.06. The summed E-state index contributed by atoms with van der Waals surface area (Å²) in [5, 5.41) is 19.2. The summed E-state index contributed by atoms with van der Waals surface area (Å²) in [6.07, 6.45) is 2.53. The van der Waals surface area contributed by atoms with Crippen LogP contribution in [-0.2, 0) is 0 Å². The first-order valence-corrected chi connectivity index (χ1v) is 3.41. The van der Waals surface area contributed by atoms with Gasteiger partial charge in [0.2, 0.25) is 0 Å². The minimum absolute atomic E-state index is 0.322. The van der Waals surface area contributed by atoms with Gasteiger partial charge in [0.15, 0.2) is 0 Å². The van der Waals surface area contributed by atoms with Gasteiger partial charge in [-0.15, -0.1) is 0 Å². The van der Waals surface area contributed by atoms with Crippen molar-refractivity contribution >= 4 is 0 Å². The molecule has 0 aromatic heterocycles. The number of hydrogen-bond acceptors (Lipinski definition) is 3. The molecule has 1 aliphatic rings. The molecule has 0 amide bonds. The molecule has 1 saturated heterocycles. The van der Waals surface area contributed by atoms with Crippen LogP contribution in [0.2, 0.25) is 0 Å². The second-order valence-electron chi connectivity index (χ2n) is 2.56. The van der Waals surface area contributed by atoms with Crippen molar-refractivity contribution in [3.05, 3.63) is 0 Å². The molecule has 2 N–H and O–H groups in total. The van der Waals surface area contributed by atoms with Gasteiger partial charge in [-0.2, -0.15) is 5.06 Å². The van der Waals surface area contributed by atoms with Crippen molar-refractivity contribution < 1.29 is 10.3 Å². The van der Waals surface area contributed by atoms with Crippen LogP contribution in [0.4, 0.5) is 0 Å². The highest BCUT2D eigenvalue weighted by Gasteiger charge is 2.12. The minimum Gasteiger partial charge on any atom is -0.392 e. The summed E-state index contributed by atoms with van der Waals surface area (Å²) in [5.41, 5.74) is 0. The van der Waals surface area contributed by atoms with Crippen LogP contribution in [0.1, 0.15) is 19.3 Å². The molecule has 1 atom stereocenters. The fourth-order valence-corrected chi connectivity index (χ4v) is 1.10. The zero-order valence-corrected chi connectivity index (χ0v) is 5.45. The van der Waals surface area contributed by atoms with Crippen LogP contribution >= 0.6 is 0 Å². The van der Waals surface area contributed by atoms with Gasteiger partial charge in [-0.05, 0) is 19.3 Å². The Morgan fingerprint density at radius 1 is 1.33 bits per heavy atom. The number of β-amino-alcohol motifs (C(OH)–C–C–N with tert-alkyl or cyclic N) is 1. The summed E-state index contributed by atoms with van der Waals surface area (Å²) < 4.78 is 0. The van der Waals surface area contributed by atoms with E-state index in [-0.39, 0.29) is 6.10 Å². The van der Waals surface area contributed by atoms with Crippen molar-refractivity contribution in [3.63, 3.8) is 0 Å². The molecule has 54 valence electrons. The van der Waals surface area contributed by atoms with Crippen molar-refractivity contribution in [1.29, 1.82) is 0 Å². The van der Waals surface area contributed by atoms with Crippen LogP contribution in [0, 0.1) is 0 Å². The van der Waals surface area contributed by atoms with Gasteiger partial charge in [-0.3, -0.25) is 0 Å². The number of rotatable bonds is 0. The molecule has 1 heterocycles. The molecule has 0 radical (unpaired) electrons. The molecule has 0 aliphatic carbocycles. The zero-order valence-electron chi connectivity index (χ0n) is 5.45. The average molecular weight is 131 g/mol. The van der Waals surface area contributed by atoms with E-state index in [1.165, 1.54) is 5.06 Å². The Morgan fingerprint density at radius 2 is 2.11 bits per heavy atom. The maximum Gasteiger partial charge on any atom is 0.0690 e. The Labute approximate surface area is 54.9 Å². The molecule has 1 rings (SSSR count). The molecule has 0 bridgehead atoms. The Bertz CT molecular complexity index is 77.1. The van der Waals surface area contributed by atoms with E-state index in [4.69, 9.17) is 10.3 Å². The fourth-order valence-electron chi connectivity index (χ4n) is 1.10. The summed E-state index contributed by atoms with van der Waals surface area (Å²) in [7, 11) is 0. The lowest BCUT2D eigenvalue weighted by Gasteiger charge is -2.12. The molecule has 0 saturated carbocycles. The Kier molecular flexibility index (Phi) is 2.45. The number of nitrogens with zero attached hydrogens (tertiary/aromatic N) is 1. The van der Waals surface area contributed by atoms with E-state index in [0.717, 1.165) is 19.3 Å². The lowest BCUT2D eigenvalue weighted by atomic mass is 10.2. The SMILES string of the molecule is OC1CCCCN(O)C1. The maximum atomic E-state index is 9.06. The van der Waals surface area contributed by atoms with E-state index in [2.05, 4.69) is 0 Å². The molecular weight excluding hydrogens is 118 g/mol. The van der Waals surface area contributed by atoms with Crippen LogP contribution < -0.4 is 0 Å². The first-order chi connectivity index (χ1) is 4.29. The Hall–Kier alpha value is -0.120. The summed E-state index contributed by atoms with van der Waals surface area (Å²) in [6.45, 7) is 1.12.